The quantitative estimate of drug-likeness (QED) is 0.850. The van der Waals surface area contributed by atoms with Crippen molar-refractivity contribution in [1.29, 1.82) is 0 Å². The second-order valence-electron chi connectivity index (χ2n) is 5.11. The molecule has 2 aliphatic rings. The molecule has 0 aromatic carbocycles. The first-order valence-electron chi connectivity index (χ1n) is 6.37. The molecule has 3 rings (SSSR count). The van der Waals surface area contributed by atoms with E-state index in [1.165, 1.54) is 12.8 Å². The first-order valence-corrected chi connectivity index (χ1v) is 6.37. The molecule has 3 heterocycles. The third kappa shape index (κ3) is 1.71. The largest absolute Gasteiger partial charge is 0.374 e. The normalized spacial score (nSPS) is 30.9. The van der Waals surface area contributed by atoms with Crippen LogP contribution in [-0.4, -0.2) is 29.2 Å². The molecule has 2 fully saturated rings. The van der Waals surface area contributed by atoms with Gasteiger partial charge in [-0.25, -0.2) is 9.97 Å². The molecule has 3 atom stereocenters. The van der Waals surface area contributed by atoms with Crippen LogP contribution in [0.2, 0.25) is 0 Å². The van der Waals surface area contributed by atoms with E-state index in [9.17, 15) is 0 Å². The fourth-order valence-corrected chi connectivity index (χ4v) is 2.97. The molecule has 2 bridgehead atoms. The maximum absolute atomic E-state index is 5.88. The lowest BCUT2D eigenvalue weighted by Crippen LogP contribution is -2.18. The molecule has 0 aliphatic carbocycles. The standard InChI is InChI=1S/C13H19N3O/c1-7-8(2)15-13(16-12(7)14-3)10-6-9-4-5-11(10)17-9/h9-11H,4-6H2,1-3H3,(H,14,15,16). The number of hydrogen-bond donors (Lipinski definition) is 1. The minimum Gasteiger partial charge on any atom is -0.374 e. The number of ether oxygens (including phenoxy) is 1. The number of rotatable bonds is 2. The molecule has 4 heteroatoms. The maximum atomic E-state index is 5.88. The Balaban J connectivity index is 1.95. The van der Waals surface area contributed by atoms with Crippen LogP contribution in [0.4, 0.5) is 5.82 Å². The third-order valence-electron chi connectivity index (χ3n) is 4.08. The van der Waals surface area contributed by atoms with Crippen LogP contribution in [0.3, 0.4) is 0 Å². The van der Waals surface area contributed by atoms with Crippen LogP contribution in [0.5, 0.6) is 0 Å². The summed E-state index contributed by atoms with van der Waals surface area (Å²) in [4.78, 5) is 9.30. The zero-order valence-electron chi connectivity index (χ0n) is 10.7. The molecule has 0 radical (unpaired) electrons. The summed E-state index contributed by atoms with van der Waals surface area (Å²) in [5.41, 5.74) is 2.21. The van der Waals surface area contributed by atoms with Crippen molar-refractivity contribution in [2.24, 2.45) is 0 Å². The van der Waals surface area contributed by atoms with Crippen LogP contribution >= 0.6 is 0 Å². The van der Waals surface area contributed by atoms with Crippen molar-refractivity contribution in [1.82, 2.24) is 9.97 Å². The zero-order chi connectivity index (χ0) is 12.0. The Hall–Kier alpha value is -1.16. The Morgan fingerprint density at radius 1 is 1.24 bits per heavy atom. The summed E-state index contributed by atoms with van der Waals surface area (Å²) < 4.78 is 5.88. The lowest BCUT2D eigenvalue weighted by molar-refractivity contribution is 0.0998. The Morgan fingerprint density at radius 2 is 2.06 bits per heavy atom. The summed E-state index contributed by atoms with van der Waals surface area (Å²) in [6.07, 6.45) is 4.28. The number of nitrogens with zero attached hydrogens (tertiary/aromatic N) is 2. The van der Waals surface area contributed by atoms with Crippen molar-refractivity contribution in [2.75, 3.05) is 12.4 Å². The molecule has 0 saturated carbocycles. The van der Waals surface area contributed by atoms with Crippen LogP contribution in [0.1, 0.15) is 42.3 Å². The Morgan fingerprint density at radius 3 is 2.65 bits per heavy atom. The van der Waals surface area contributed by atoms with Crippen LogP contribution in [0.15, 0.2) is 0 Å². The zero-order valence-corrected chi connectivity index (χ0v) is 10.7. The molecular weight excluding hydrogens is 214 g/mol. The van der Waals surface area contributed by atoms with Crippen molar-refractivity contribution >= 4 is 5.82 Å². The highest BCUT2D eigenvalue weighted by molar-refractivity contribution is 5.45. The van der Waals surface area contributed by atoms with Gasteiger partial charge in [0.1, 0.15) is 11.6 Å². The van der Waals surface area contributed by atoms with Gasteiger partial charge in [-0.3, -0.25) is 0 Å². The Labute approximate surface area is 102 Å². The highest BCUT2D eigenvalue weighted by atomic mass is 16.5. The highest BCUT2D eigenvalue weighted by Crippen LogP contribution is 2.43. The minimum absolute atomic E-state index is 0.354. The van der Waals surface area contributed by atoms with Gasteiger partial charge in [0.05, 0.1) is 12.2 Å². The van der Waals surface area contributed by atoms with Gasteiger partial charge in [0.25, 0.3) is 0 Å². The van der Waals surface area contributed by atoms with Gasteiger partial charge in [-0.2, -0.15) is 0 Å². The van der Waals surface area contributed by atoms with Crippen molar-refractivity contribution in [3.05, 3.63) is 17.1 Å². The fraction of sp³-hybridized carbons (Fsp3) is 0.692. The van der Waals surface area contributed by atoms with Gasteiger partial charge in [0.15, 0.2) is 0 Å². The number of aromatic nitrogens is 2. The van der Waals surface area contributed by atoms with E-state index >= 15 is 0 Å². The van der Waals surface area contributed by atoms with E-state index < -0.39 is 0 Å². The van der Waals surface area contributed by atoms with E-state index in [0.29, 0.717) is 18.1 Å². The predicted molar refractivity (Wildman–Crippen MR) is 66.3 cm³/mol. The minimum atomic E-state index is 0.354. The molecule has 1 N–H and O–H groups in total. The lowest BCUT2D eigenvalue weighted by atomic mass is 9.88. The number of fused-ring (bicyclic) bond motifs is 2. The molecule has 1 aromatic heterocycles. The van der Waals surface area contributed by atoms with Crippen molar-refractivity contribution in [3.63, 3.8) is 0 Å². The van der Waals surface area contributed by atoms with Crippen molar-refractivity contribution in [2.45, 2.75) is 51.2 Å². The summed E-state index contributed by atoms with van der Waals surface area (Å²) >= 11 is 0. The summed E-state index contributed by atoms with van der Waals surface area (Å²) in [7, 11) is 1.91. The second kappa shape index (κ2) is 3.95. The van der Waals surface area contributed by atoms with Crippen LogP contribution < -0.4 is 5.32 Å². The SMILES string of the molecule is CNc1nc(C2CC3CCC2O3)nc(C)c1C. The molecule has 17 heavy (non-hydrogen) atoms. The smallest absolute Gasteiger partial charge is 0.136 e. The van der Waals surface area contributed by atoms with Gasteiger partial charge in [0.2, 0.25) is 0 Å². The Kier molecular flexibility index (Phi) is 2.54. The van der Waals surface area contributed by atoms with Crippen LogP contribution in [0.25, 0.3) is 0 Å². The molecule has 92 valence electrons. The van der Waals surface area contributed by atoms with Gasteiger partial charge in [-0.05, 0) is 33.1 Å². The molecule has 0 amide bonds. The van der Waals surface area contributed by atoms with E-state index in [4.69, 9.17) is 4.74 Å². The monoisotopic (exact) mass is 233 g/mol. The van der Waals surface area contributed by atoms with E-state index in [2.05, 4.69) is 29.1 Å². The summed E-state index contributed by atoms with van der Waals surface area (Å²) in [6, 6.07) is 0. The Bertz CT molecular complexity index is 447. The fourth-order valence-electron chi connectivity index (χ4n) is 2.97. The van der Waals surface area contributed by atoms with Crippen LogP contribution in [-0.2, 0) is 4.74 Å². The van der Waals surface area contributed by atoms with Crippen molar-refractivity contribution < 1.29 is 4.74 Å². The van der Waals surface area contributed by atoms with Crippen LogP contribution in [0, 0.1) is 13.8 Å². The molecular formula is C13H19N3O. The number of hydrogen-bond acceptors (Lipinski definition) is 4. The number of nitrogens with one attached hydrogen (secondary N) is 1. The van der Waals surface area contributed by atoms with Gasteiger partial charge in [0, 0.05) is 24.2 Å². The summed E-state index contributed by atoms with van der Waals surface area (Å²) in [5, 5.41) is 3.15. The van der Waals surface area contributed by atoms with Crippen molar-refractivity contribution in [3.8, 4) is 0 Å². The van der Waals surface area contributed by atoms with Gasteiger partial charge in [-0.1, -0.05) is 0 Å². The average Bonchev–Trinajstić information content (AvgIpc) is 2.94. The van der Waals surface area contributed by atoms with E-state index in [1.54, 1.807) is 0 Å². The molecule has 4 nitrogen and oxygen atoms in total. The molecule has 2 aliphatic heterocycles. The molecule has 2 saturated heterocycles. The van der Waals surface area contributed by atoms with E-state index in [1.807, 2.05) is 7.05 Å². The second-order valence-corrected chi connectivity index (χ2v) is 5.11. The number of anilines is 1. The first-order chi connectivity index (χ1) is 8.19. The van der Waals surface area contributed by atoms with Gasteiger partial charge < -0.3 is 10.1 Å². The topological polar surface area (TPSA) is 47.0 Å². The molecule has 0 spiro atoms. The lowest BCUT2D eigenvalue weighted by Gasteiger charge is -2.19. The summed E-state index contributed by atoms with van der Waals surface area (Å²) in [6.45, 7) is 4.11. The molecule has 1 aromatic rings. The van der Waals surface area contributed by atoms with E-state index in [0.717, 1.165) is 29.3 Å². The highest BCUT2D eigenvalue weighted by Gasteiger charge is 2.43. The predicted octanol–water partition coefficient (Wildman–Crippen LogP) is 2.17. The maximum Gasteiger partial charge on any atom is 0.136 e. The number of aryl methyl sites for hydroxylation is 1. The van der Waals surface area contributed by atoms with E-state index in [-0.39, 0.29) is 0 Å². The van der Waals surface area contributed by atoms with Gasteiger partial charge in [-0.15, -0.1) is 0 Å². The average molecular weight is 233 g/mol. The molecule has 3 unspecified atom stereocenters. The van der Waals surface area contributed by atoms with Gasteiger partial charge >= 0.3 is 0 Å². The summed E-state index contributed by atoms with van der Waals surface area (Å²) in [5.74, 6) is 2.32. The third-order valence-corrected chi connectivity index (χ3v) is 4.08. The first kappa shape index (κ1) is 11.0.